The maximum atomic E-state index is 13.1. The van der Waals surface area contributed by atoms with E-state index >= 15 is 0 Å². The Bertz CT molecular complexity index is 1060. The summed E-state index contributed by atoms with van der Waals surface area (Å²) in [5, 5.41) is 11.6. The van der Waals surface area contributed by atoms with Gasteiger partial charge in [0.05, 0.1) is 32.9 Å². The van der Waals surface area contributed by atoms with E-state index in [1.54, 1.807) is 36.4 Å². The normalized spacial score (nSPS) is 17.5. The molecule has 2 aromatic rings. The molecule has 1 aliphatic heterocycles. The van der Waals surface area contributed by atoms with Crippen LogP contribution < -0.4 is 14.2 Å². The molecule has 3 rings (SSSR count). The molecule has 176 valence electrons. The molecule has 0 spiro atoms. The predicted molar refractivity (Wildman–Crippen MR) is 125 cm³/mol. The number of likely N-dealkylation sites (N-methyl/N-ethyl adjacent to an activating group) is 1. The SMILES string of the molecule is COc1cc([C@@H]2/C(=C(\O)c3ccc(Cl)cc3)C(=O)C(=O)N2CCN(C)C)cc(OC)c1OC. The molecule has 0 unspecified atom stereocenters. The van der Waals surface area contributed by atoms with Crippen molar-refractivity contribution in [1.29, 1.82) is 0 Å². The van der Waals surface area contributed by atoms with Crippen molar-refractivity contribution in [3.05, 3.63) is 58.1 Å². The van der Waals surface area contributed by atoms with Crippen LogP contribution in [-0.2, 0) is 9.59 Å². The van der Waals surface area contributed by atoms with Crippen molar-refractivity contribution in [3.63, 3.8) is 0 Å². The van der Waals surface area contributed by atoms with E-state index in [9.17, 15) is 14.7 Å². The van der Waals surface area contributed by atoms with Crippen molar-refractivity contribution >= 4 is 29.1 Å². The Balaban J connectivity index is 2.25. The standard InChI is InChI=1S/C24H27ClN2O6/c1-26(2)10-11-27-20(15-12-17(31-3)23(33-5)18(13-15)32-4)19(22(29)24(27)30)21(28)14-6-8-16(25)9-7-14/h6-9,12-13,20,28H,10-11H2,1-5H3/b21-19+/t20-/m1/s1. The van der Waals surface area contributed by atoms with Crippen LogP contribution in [0.15, 0.2) is 42.0 Å². The molecule has 1 aliphatic rings. The lowest BCUT2D eigenvalue weighted by atomic mass is 9.94. The quantitative estimate of drug-likeness (QED) is 0.356. The van der Waals surface area contributed by atoms with E-state index in [2.05, 4.69) is 0 Å². The Kier molecular flexibility index (Phi) is 7.50. The number of carbonyl (C=O) groups is 2. The second kappa shape index (κ2) is 10.1. The summed E-state index contributed by atoms with van der Waals surface area (Å²) in [6, 6.07) is 8.90. The van der Waals surface area contributed by atoms with Gasteiger partial charge in [0.25, 0.3) is 11.7 Å². The van der Waals surface area contributed by atoms with E-state index < -0.39 is 17.7 Å². The number of hydrogen-bond acceptors (Lipinski definition) is 7. The van der Waals surface area contributed by atoms with Gasteiger partial charge in [-0.1, -0.05) is 11.6 Å². The third kappa shape index (κ3) is 4.77. The summed E-state index contributed by atoms with van der Waals surface area (Å²) in [5.74, 6) is -0.609. The average molecular weight is 475 g/mol. The summed E-state index contributed by atoms with van der Waals surface area (Å²) in [6.45, 7) is 0.797. The smallest absolute Gasteiger partial charge is 0.295 e. The maximum Gasteiger partial charge on any atom is 0.295 e. The topological polar surface area (TPSA) is 88.5 Å². The Morgan fingerprint density at radius 3 is 2.09 bits per heavy atom. The van der Waals surface area contributed by atoms with Crippen molar-refractivity contribution in [2.24, 2.45) is 0 Å². The van der Waals surface area contributed by atoms with Crippen molar-refractivity contribution in [3.8, 4) is 17.2 Å². The molecule has 0 aromatic heterocycles. The summed E-state index contributed by atoms with van der Waals surface area (Å²) >= 11 is 5.97. The summed E-state index contributed by atoms with van der Waals surface area (Å²) in [7, 11) is 8.21. The number of amides is 1. The minimum absolute atomic E-state index is 0.0182. The van der Waals surface area contributed by atoms with Crippen LogP contribution in [0.3, 0.4) is 0 Å². The first-order chi connectivity index (χ1) is 15.7. The molecule has 1 heterocycles. The van der Waals surface area contributed by atoms with Crippen LogP contribution in [0.25, 0.3) is 5.76 Å². The van der Waals surface area contributed by atoms with Crippen LogP contribution in [0, 0.1) is 0 Å². The van der Waals surface area contributed by atoms with Gasteiger partial charge in [-0.25, -0.2) is 0 Å². The van der Waals surface area contributed by atoms with Gasteiger partial charge in [0, 0.05) is 23.7 Å². The number of benzene rings is 2. The van der Waals surface area contributed by atoms with Crippen LogP contribution in [0.5, 0.6) is 17.2 Å². The third-order valence-electron chi connectivity index (χ3n) is 5.45. The first-order valence-corrected chi connectivity index (χ1v) is 10.6. The van der Waals surface area contributed by atoms with Crippen molar-refractivity contribution in [2.45, 2.75) is 6.04 Å². The molecule has 2 aromatic carbocycles. The minimum atomic E-state index is -0.852. The van der Waals surface area contributed by atoms with Crippen molar-refractivity contribution in [2.75, 3.05) is 48.5 Å². The van der Waals surface area contributed by atoms with E-state index in [-0.39, 0.29) is 17.9 Å². The van der Waals surface area contributed by atoms with Crippen LogP contribution in [0.1, 0.15) is 17.2 Å². The molecular weight excluding hydrogens is 448 g/mol. The van der Waals surface area contributed by atoms with Crippen LogP contribution in [-0.4, -0.2) is 75.1 Å². The molecule has 8 nitrogen and oxygen atoms in total. The van der Waals surface area contributed by atoms with Gasteiger partial charge in [-0.2, -0.15) is 0 Å². The van der Waals surface area contributed by atoms with Crippen molar-refractivity contribution in [1.82, 2.24) is 9.80 Å². The average Bonchev–Trinajstić information content (AvgIpc) is 3.06. The monoisotopic (exact) mass is 474 g/mol. The van der Waals surface area contributed by atoms with E-state index in [1.807, 2.05) is 19.0 Å². The zero-order valence-electron chi connectivity index (χ0n) is 19.2. The molecule has 1 atom stereocenters. The highest BCUT2D eigenvalue weighted by molar-refractivity contribution is 6.46. The van der Waals surface area contributed by atoms with Gasteiger partial charge in [-0.3, -0.25) is 9.59 Å². The number of hydrogen-bond donors (Lipinski definition) is 1. The molecule has 1 saturated heterocycles. The lowest BCUT2D eigenvalue weighted by molar-refractivity contribution is -0.140. The summed E-state index contributed by atoms with van der Waals surface area (Å²) in [6.07, 6.45) is 0. The molecule has 1 N–H and O–H groups in total. The summed E-state index contributed by atoms with van der Waals surface area (Å²) in [5.41, 5.74) is 0.899. The molecule has 1 amide bonds. The molecule has 0 saturated carbocycles. The Hall–Kier alpha value is -3.23. The first-order valence-electron chi connectivity index (χ1n) is 10.2. The lowest BCUT2D eigenvalue weighted by Crippen LogP contribution is -2.35. The predicted octanol–water partition coefficient (Wildman–Crippen LogP) is 3.35. The molecule has 1 fully saturated rings. The number of methoxy groups -OCH3 is 3. The van der Waals surface area contributed by atoms with Gasteiger partial charge in [0.15, 0.2) is 11.5 Å². The number of Topliss-reactive ketones (excluding diaryl/α,β-unsaturated/α-hetero) is 1. The van der Waals surface area contributed by atoms with E-state index in [0.717, 1.165) is 0 Å². The number of nitrogens with zero attached hydrogens (tertiary/aromatic N) is 2. The second-order valence-corrected chi connectivity index (χ2v) is 8.20. The third-order valence-corrected chi connectivity index (χ3v) is 5.70. The summed E-state index contributed by atoms with van der Waals surface area (Å²) < 4.78 is 16.3. The molecule has 0 radical (unpaired) electrons. The lowest BCUT2D eigenvalue weighted by Gasteiger charge is -2.27. The molecule has 0 bridgehead atoms. The number of likely N-dealkylation sites (tertiary alicyclic amines) is 1. The minimum Gasteiger partial charge on any atom is -0.507 e. The first kappa shape index (κ1) is 24.4. The molecule has 0 aliphatic carbocycles. The Morgan fingerprint density at radius 2 is 1.61 bits per heavy atom. The van der Waals surface area contributed by atoms with E-state index in [0.29, 0.717) is 39.9 Å². The number of aliphatic hydroxyl groups excluding tert-OH is 1. The molecular formula is C24H27ClN2O6. The molecule has 33 heavy (non-hydrogen) atoms. The van der Waals surface area contributed by atoms with Crippen LogP contribution in [0.2, 0.25) is 5.02 Å². The largest absolute Gasteiger partial charge is 0.507 e. The number of ether oxygens (including phenoxy) is 3. The molecule has 9 heteroatoms. The van der Waals surface area contributed by atoms with Gasteiger partial charge in [-0.05, 0) is 56.1 Å². The highest BCUT2D eigenvalue weighted by Gasteiger charge is 2.46. The zero-order valence-corrected chi connectivity index (χ0v) is 20.0. The summed E-state index contributed by atoms with van der Waals surface area (Å²) in [4.78, 5) is 29.5. The van der Waals surface area contributed by atoms with E-state index in [1.165, 1.54) is 26.2 Å². The van der Waals surface area contributed by atoms with E-state index in [4.69, 9.17) is 25.8 Å². The fraction of sp³-hybridized carbons (Fsp3) is 0.333. The number of rotatable bonds is 8. The highest BCUT2D eigenvalue weighted by atomic mass is 35.5. The fourth-order valence-electron chi connectivity index (χ4n) is 3.79. The van der Waals surface area contributed by atoms with Gasteiger partial charge in [-0.15, -0.1) is 0 Å². The van der Waals surface area contributed by atoms with Gasteiger partial charge < -0.3 is 29.1 Å². The second-order valence-electron chi connectivity index (χ2n) is 7.76. The van der Waals surface area contributed by atoms with Crippen molar-refractivity contribution < 1.29 is 28.9 Å². The fourth-order valence-corrected chi connectivity index (χ4v) is 3.91. The van der Waals surface area contributed by atoms with Gasteiger partial charge in [0.1, 0.15) is 5.76 Å². The number of ketones is 1. The van der Waals surface area contributed by atoms with Crippen LogP contribution >= 0.6 is 11.6 Å². The number of halogens is 1. The Labute approximate surface area is 197 Å². The zero-order chi connectivity index (χ0) is 24.3. The maximum absolute atomic E-state index is 13.1. The number of aliphatic hydroxyl groups is 1. The highest BCUT2D eigenvalue weighted by Crippen LogP contribution is 2.45. The van der Waals surface area contributed by atoms with Crippen LogP contribution in [0.4, 0.5) is 0 Å². The van der Waals surface area contributed by atoms with Gasteiger partial charge in [0.2, 0.25) is 5.75 Å². The Morgan fingerprint density at radius 1 is 1.03 bits per heavy atom. The number of carbonyl (C=O) groups excluding carboxylic acids is 2. The van der Waals surface area contributed by atoms with Gasteiger partial charge >= 0.3 is 0 Å².